The highest BCUT2D eigenvalue weighted by atomic mass is 32.2. The van der Waals surface area contributed by atoms with Crippen molar-refractivity contribution in [1.82, 2.24) is 9.71 Å². The number of hydrogen-bond donors (Lipinski definition) is 1. The van der Waals surface area contributed by atoms with Crippen molar-refractivity contribution in [3.63, 3.8) is 0 Å². The Morgan fingerprint density at radius 3 is 2.37 bits per heavy atom. The van der Waals surface area contributed by atoms with Crippen LogP contribution in [0.15, 0.2) is 23.2 Å². The third kappa shape index (κ3) is 2.54. The SMILES string of the molecule is N#Cc1ccc(S(=O)(=O)NC2(C(F)(F)F)CC2)cn1. The lowest BCUT2D eigenvalue weighted by Gasteiger charge is -2.20. The van der Waals surface area contributed by atoms with Crippen molar-refractivity contribution in [2.45, 2.75) is 29.5 Å². The minimum Gasteiger partial charge on any atom is -0.244 e. The topological polar surface area (TPSA) is 82.8 Å². The number of hydrogen-bond acceptors (Lipinski definition) is 4. The van der Waals surface area contributed by atoms with Gasteiger partial charge < -0.3 is 0 Å². The van der Waals surface area contributed by atoms with Crippen molar-refractivity contribution < 1.29 is 21.6 Å². The molecule has 1 aromatic heterocycles. The number of pyridine rings is 1. The standard InChI is InChI=1S/C10H8F3N3O2S/c11-10(12,13)9(3-4-9)16-19(17,18)8-2-1-7(5-14)15-6-8/h1-2,6,16H,3-4H2. The highest BCUT2D eigenvalue weighted by molar-refractivity contribution is 7.89. The van der Waals surface area contributed by atoms with Gasteiger partial charge in [0.25, 0.3) is 0 Å². The molecule has 1 heterocycles. The fourth-order valence-electron chi connectivity index (χ4n) is 1.49. The second kappa shape index (κ2) is 4.18. The summed E-state index contributed by atoms with van der Waals surface area (Å²) in [6.07, 6.45) is -4.33. The number of nitriles is 1. The Morgan fingerprint density at radius 2 is 2.00 bits per heavy atom. The van der Waals surface area contributed by atoms with Crippen molar-refractivity contribution in [2.24, 2.45) is 0 Å². The van der Waals surface area contributed by atoms with Gasteiger partial charge >= 0.3 is 6.18 Å². The number of alkyl halides is 3. The maximum absolute atomic E-state index is 12.7. The van der Waals surface area contributed by atoms with E-state index in [1.165, 1.54) is 0 Å². The maximum atomic E-state index is 12.7. The van der Waals surface area contributed by atoms with E-state index in [9.17, 15) is 21.6 Å². The first-order valence-electron chi connectivity index (χ1n) is 5.17. The summed E-state index contributed by atoms with van der Waals surface area (Å²) in [6.45, 7) is 0. The summed E-state index contributed by atoms with van der Waals surface area (Å²) in [7, 11) is -4.31. The summed E-state index contributed by atoms with van der Waals surface area (Å²) in [6, 6.07) is 3.85. The van der Waals surface area contributed by atoms with E-state index in [1.807, 2.05) is 0 Å². The van der Waals surface area contributed by atoms with Crippen LogP contribution in [0.2, 0.25) is 0 Å². The molecular formula is C10H8F3N3O2S. The van der Waals surface area contributed by atoms with Crippen molar-refractivity contribution in [3.05, 3.63) is 24.0 Å². The summed E-state index contributed by atoms with van der Waals surface area (Å²) in [4.78, 5) is 3.11. The smallest absolute Gasteiger partial charge is 0.244 e. The quantitative estimate of drug-likeness (QED) is 0.910. The van der Waals surface area contributed by atoms with Crippen LogP contribution < -0.4 is 4.72 Å². The highest BCUT2D eigenvalue weighted by Crippen LogP contribution is 2.49. The Morgan fingerprint density at radius 1 is 1.37 bits per heavy atom. The fraction of sp³-hybridized carbons (Fsp3) is 0.400. The Labute approximate surface area is 107 Å². The maximum Gasteiger partial charge on any atom is 0.407 e. The van der Waals surface area contributed by atoms with E-state index in [2.05, 4.69) is 4.98 Å². The van der Waals surface area contributed by atoms with Gasteiger partial charge in [0.2, 0.25) is 10.0 Å². The van der Waals surface area contributed by atoms with Gasteiger partial charge in [0.1, 0.15) is 22.2 Å². The van der Waals surface area contributed by atoms with Gasteiger partial charge in [-0.1, -0.05) is 0 Å². The lowest BCUT2D eigenvalue weighted by atomic mass is 10.3. The van der Waals surface area contributed by atoms with E-state index in [4.69, 9.17) is 5.26 Å². The molecule has 1 saturated carbocycles. The van der Waals surface area contributed by atoms with Crippen molar-refractivity contribution in [3.8, 4) is 6.07 Å². The molecule has 9 heteroatoms. The van der Waals surface area contributed by atoms with Gasteiger partial charge in [0.05, 0.1) is 0 Å². The van der Waals surface area contributed by atoms with E-state index in [-0.39, 0.29) is 18.5 Å². The summed E-state index contributed by atoms with van der Waals surface area (Å²) in [5.74, 6) is 0. The van der Waals surface area contributed by atoms with Crippen molar-refractivity contribution in [2.75, 3.05) is 0 Å². The average Bonchev–Trinajstić information content (AvgIpc) is 3.09. The van der Waals surface area contributed by atoms with Crippen LogP contribution in [0.3, 0.4) is 0 Å². The molecule has 0 aromatic carbocycles. The Kier molecular flexibility index (Phi) is 3.03. The highest BCUT2D eigenvalue weighted by Gasteiger charge is 2.65. The molecule has 0 spiro atoms. The van der Waals surface area contributed by atoms with Crippen LogP contribution >= 0.6 is 0 Å². The van der Waals surface area contributed by atoms with Gasteiger partial charge in [0.15, 0.2) is 0 Å². The molecule has 1 N–H and O–H groups in total. The molecule has 5 nitrogen and oxygen atoms in total. The van der Waals surface area contributed by atoms with Crippen LogP contribution in [0.4, 0.5) is 13.2 Å². The van der Waals surface area contributed by atoms with Crippen molar-refractivity contribution >= 4 is 10.0 Å². The molecule has 1 fully saturated rings. The molecule has 0 amide bonds. The van der Waals surface area contributed by atoms with E-state index in [0.717, 1.165) is 18.3 Å². The first kappa shape index (κ1) is 13.8. The van der Waals surface area contributed by atoms with Crippen LogP contribution in [-0.4, -0.2) is 25.1 Å². The zero-order valence-electron chi connectivity index (χ0n) is 9.40. The largest absolute Gasteiger partial charge is 0.407 e. The summed E-state index contributed by atoms with van der Waals surface area (Å²) < 4.78 is 63.3. The minimum absolute atomic E-state index is 0.0177. The second-order valence-corrected chi connectivity index (χ2v) is 5.86. The number of aromatic nitrogens is 1. The molecule has 0 saturated heterocycles. The molecule has 0 aliphatic heterocycles. The molecule has 0 atom stereocenters. The normalized spacial score (nSPS) is 17.8. The molecule has 0 radical (unpaired) electrons. The Bertz CT molecular complexity index is 627. The summed E-state index contributed by atoms with van der Waals surface area (Å²) in [5.41, 5.74) is -2.38. The van der Waals surface area contributed by atoms with Gasteiger partial charge in [-0.2, -0.15) is 23.2 Å². The van der Waals surface area contributed by atoms with Gasteiger partial charge in [-0.15, -0.1) is 0 Å². The van der Waals surface area contributed by atoms with Crippen LogP contribution in [0, 0.1) is 11.3 Å². The minimum atomic E-state index is -4.62. The Hall–Kier alpha value is -1.66. The van der Waals surface area contributed by atoms with E-state index >= 15 is 0 Å². The van der Waals surface area contributed by atoms with Gasteiger partial charge in [-0.25, -0.2) is 13.4 Å². The molecule has 102 valence electrons. The predicted octanol–water partition coefficient (Wildman–Crippen LogP) is 1.33. The number of halogens is 3. The van der Waals surface area contributed by atoms with Gasteiger partial charge in [-0.3, -0.25) is 0 Å². The fourth-order valence-corrected chi connectivity index (χ4v) is 2.88. The van der Waals surface area contributed by atoms with Crippen LogP contribution in [-0.2, 0) is 10.0 Å². The van der Waals surface area contributed by atoms with Gasteiger partial charge in [-0.05, 0) is 25.0 Å². The third-order valence-electron chi connectivity index (χ3n) is 2.78. The molecule has 0 unspecified atom stereocenters. The predicted molar refractivity (Wildman–Crippen MR) is 57.3 cm³/mol. The first-order valence-corrected chi connectivity index (χ1v) is 6.65. The molecule has 1 aromatic rings. The first-order chi connectivity index (χ1) is 8.70. The van der Waals surface area contributed by atoms with Crippen molar-refractivity contribution in [1.29, 1.82) is 5.26 Å². The number of sulfonamides is 1. The Balaban J connectivity index is 2.27. The van der Waals surface area contributed by atoms with Crippen LogP contribution in [0.25, 0.3) is 0 Å². The zero-order chi connectivity index (χ0) is 14.3. The molecule has 0 bridgehead atoms. The van der Waals surface area contributed by atoms with E-state index in [0.29, 0.717) is 0 Å². The van der Waals surface area contributed by atoms with E-state index in [1.54, 1.807) is 10.8 Å². The van der Waals surface area contributed by atoms with Crippen LogP contribution in [0.5, 0.6) is 0 Å². The average molecular weight is 291 g/mol. The zero-order valence-corrected chi connectivity index (χ0v) is 10.2. The monoisotopic (exact) mass is 291 g/mol. The van der Waals surface area contributed by atoms with E-state index < -0.39 is 26.6 Å². The van der Waals surface area contributed by atoms with Crippen LogP contribution in [0.1, 0.15) is 18.5 Å². The number of nitrogens with one attached hydrogen (secondary N) is 1. The number of nitrogens with zero attached hydrogens (tertiary/aromatic N) is 2. The third-order valence-corrected chi connectivity index (χ3v) is 4.31. The molecule has 19 heavy (non-hydrogen) atoms. The molecule has 1 aliphatic carbocycles. The lowest BCUT2D eigenvalue weighted by Crippen LogP contribution is -2.47. The lowest BCUT2D eigenvalue weighted by molar-refractivity contribution is -0.160. The number of rotatable bonds is 3. The second-order valence-electron chi connectivity index (χ2n) is 4.18. The molecular weight excluding hydrogens is 283 g/mol. The summed E-state index contributed by atoms with van der Waals surface area (Å²) in [5, 5.41) is 8.51. The molecule has 2 rings (SSSR count). The summed E-state index contributed by atoms with van der Waals surface area (Å²) >= 11 is 0. The van der Waals surface area contributed by atoms with Gasteiger partial charge in [0, 0.05) is 6.20 Å². The molecule has 1 aliphatic rings.